The molecule has 1 aromatic heterocycles. The quantitative estimate of drug-likeness (QED) is 0.863. The Bertz CT molecular complexity index is 759. The van der Waals surface area contributed by atoms with Crippen LogP contribution in [0.15, 0.2) is 27.6 Å². The number of aryl methyl sites for hydroxylation is 1. The third kappa shape index (κ3) is 3.43. The zero-order chi connectivity index (χ0) is 15.6. The summed E-state index contributed by atoms with van der Waals surface area (Å²) in [4.78, 5) is 3.00. The molecule has 1 aromatic carbocycles. The maximum Gasteiger partial charge on any atom is 0.244 e. The Labute approximate surface area is 120 Å². The van der Waals surface area contributed by atoms with Crippen LogP contribution in [0, 0.1) is 18.6 Å². The first-order chi connectivity index (χ1) is 9.83. The molecule has 21 heavy (non-hydrogen) atoms. The summed E-state index contributed by atoms with van der Waals surface area (Å²) < 4.78 is 58.3. The zero-order valence-electron chi connectivity index (χ0n) is 11.1. The summed E-state index contributed by atoms with van der Waals surface area (Å²) in [5.41, 5.74) is 5.49. The highest BCUT2D eigenvalue weighted by Crippen LogP contribution is 2.20. The van der Waals surface area contributed by atoms with Crippen molar-refractivity contribution in [3.8, 4) is 0 Å². The molecule has 1 heterocycles. The molecule has 0 amide bonds. The molecule has 0 spiro atoms. The first-order valence-electron chi connectivity index (χ1n) is 5.92. The number of oxazole rings is 1. The van der Waals surface area contributed by atoms with Crippen LogP contribution in [0.3, 0.4) is 0 Å². The van der Waals surface area contributed by atoms with Crippen molar-refractivity contribution in [1.29, 1.82) is 0 Å². The summed E-state index contributed by atoms with van der Waals surface area (Å²) in [5, 5.41) is 0. The number of hydrogen-bond donors (Lipinski definition) is 2. The van der Waals surface area contributed by atoms with Gasteiger partial charge in [-0.2, -0.15) is 0 Å². The Kier molecular flexibility index (Phi) is 4.35. The van der Waals surface area contributed by atoms with E-state index in [1.54, 1.807) is 6.92 Å². The number of nitrogens with two attached hydrogens (primary N) is 1. The molecule has 0 saturated heterocycles. The molecule has 0 unspecified atom stereocenters. The SMILES string of the molecule is Cc1cnc(CNS(=O)(=O)c2cc(CN)cc(F)c2F)o1. The Balaban J connectivity index is 2.29. The molecule has 2 rings (SSSR count). The molecule has 0 aliphatic carbocycles. The van der Waals surface area contributed by atoms with E-state index in [0.29, 0.717) is 5.76 Å². The number of nitrogens with zero attached hydrogens (tertiary/aromatic N) is 1. The molecule has 0 aliphatic heterocycles. The van der Waals surface area contributed by atoms with Crippen LogP contribution in [-0.2, 0) is 23.1 Å². The fourth-order valence-electron chi connectivity index (χ4n) is 1.65. The molecule has 0 saturated carbocycles. The lowest BCUT2D eigenvalue weighted by molar-refractivity contribution is 0.460. The second-order valence-corrected chi connectivity index (χ2v) is 6.02. The third-order valence-electron chi connectivity index (χ3n) is 2.66. The van der Waals surface area contributed by atoms with Gasteiger partial charge in [-0.3, -0.25) is 0 Å². The number of hydrogen-bond acceptors (Lipinski definition) is 5. The summed E-state index contributed by atoms with van der Waals surface area (Å²) in [6, 6.07) is 1.84. The smallest absolute Gasteiger partial charge is 0.244 e. The second kappa shape index (κ2) is 5.88. The van der Waals surface area contributed by atoms with Gasteiger partial charge in [-0.05, 0) is 24.6 Å². The summed E-state index contributed by atoms with van der Waals surface area (Å²) in [6.07, 6.45) is 1.42. The summed E-state index contributed by atoms with van der Waals surface area (Å²) in [5.74, 6) is -2.10. The number of sulfonamides is 1. The van der Waals surface area contributed by atoms with Crippen LogP contribution in [0.4, 0.5) is 8.78 Å². The third-order valence-corrected chi connectivity index (χ3v) is 4.06. The Morgan fingerprint density at radius 3 is 2.67 bits per heavy atom. The number of aromatic nitrogens is 1. The van der Waals surface area contributed by atoms with Gasteiger partial charge in [0.1, 0.15) is 10.7 Å². The summed E-state index contributed by atoms with van der Waals surface area (Å²) in [6.45, 7) is 1.26. The molecule has 0 fully saturated rings. The molecule has 9 heteroatoms. The second-order valence-electron chi connectivity index (χ2n) is 4.28. The van der Waals surface area contributed by atoms with Crippen LogP contribution in [0.1, 0.15) is 17.2 Å². The van der Waals surface area contributed by atoms with E-state index in [9.17, 15) is 17.2 Å². The zero-order valence-corrected chi connectivity index (χ0v) is 11.9. The highest BCUT2D eigenvalue weighted by Gasteiger charge is 2.23. The molecule has 0 bridgehead atoms. The van der Waals surface area contributed by atoms with Gasteiger partial charge in [0.05, 0.1) is 12.7 Å². The van der Waals surface area contributed by atoms with Crippen LogP contribution in [0.5, 0.6) is 0 Å². The van der Waals surface area contributed by atoms with Crippen molar-refractivity contribution >= 4 is 10.0 Å². The maximum atomic E-state index is 13.7. The van der Waals surface area contributed by atoms with Crippen molar-refractivity contribution in [3.05, 3.63) is 47.2 Å². The van der Waals surface area contributed by atoms with E-state index in [-0.39, 0.29) is 24.5 Å². The van der Waals surface area contributed by atoms with Crippen LogP contribution in [0.25, 0.3) is 0 Å². The van der Waals surface area contributed by atoms with Crippen LogP contribution in [0.2, 0.25) is 0 Å². The molecular weight excluding hydrogens is 304 g/mol. The minimum absolute atomic E-state index is 0.112. The fraction of sp³-hybridized carbons (Fsp3) is 0.250. The molecule has 0 aliphatic rings. The van der Waals surface area contributed by atoms with Gasteiger partial charge in [0.15, 0.2) is 11.6 Å². The number of rotatable bonds is 5. The molecule has 2 aromatic rings. The average molecular weight is 317 g/mol. The van der Waals surface area contributed by atoms with E-state index in [1.807, 2.05) is 0 Å². The largest absolute Gasteiger partial charge is 0.445 e. The van der Waals surface area contributed by atoms with Crippen molar-refractivity contribution in [3.63, 3.8) is 0 Å². The summed E-state index contributed by atoms with van der Waals surface area (Å²) in [7, 11) is -4.26. The topological polar surface area (TPSA) is 98.2 Å². The molecular formula is C12H13F2N3O3S. The van der Waals surface area contributed by atoms with E-state index in [2.05, 4.69) is 9.71 Å². The van der Waals surface area contributed by atoms with Crippen molar-refractivity contribution in [2.75, 3.05) is 0 Å². The van der Waals surface area contributed by atoms with E-state index in [4.69, 9.17) is 10.2 Å². The Morgan fingerprint density at radius 1 is 1.38 bits per heavy atom. The first-order valence-corrected chi connectivity index (χ1v) is 7.41. The molecule has 6 nitrogen and oxygen atoms in total. The van der Waals surface area contributed by atoms with E-state index < -0.39 is 26.6 Å². The monoisotopic (exact) mass is 317 g/mol. The minimum atomic E-state index is -4.26. The lowest BCUT2D eigenvalue weighted by Crippen LogP contribution is -2.25. The molecule has 0 atom stereocenters. The Morgan fingerprint density at radius 2 is 2.10 bits per heavy atom. The van der Waals surface area contributed by atoms with Gasteiger partial charge in [-0.1, -0.05) is 0 Å². The lowest BCUT2D eigenvalue weighted by atomic mass is 10.2. The highest BCUT2D eigenvalue weighted by molar-refractivity contribution is 7.89. The molecule has 3 N–H and O–H groups in total. The maximum absolute atomic E-state index is 13.7. The normalized spacial score (nSPS) is 11.8. The van der Waals surface area contributed by atoms with Gasteiger partial charge >= 0.3 is 0 Å². The van der Waals surface area contributed by atoms with Gasteiger partial charge in [0.25, 0.3) is 0 Å². The predicted molar refractivity (Wildman–Crippen MR) is 69.5 cm³/mol. The van der Waals surface area contributed by atoms with Crippen molar-refractivity contribution in [2.45, 2.75) is 24.9 Å². The standard InChI is InChI=1S/C12H13F2N3O3S/c1-7-5-16-11(20-7)6-17-21(18,19)10-3-8(4-15)2-9(13)12(10)14/h2-3,5,17H,4,6,15H2,1H3. The Hall–Kier alpha value is -1.84. The van der Waals surface area contributed by atoms with Crippen molar-refractivity contribution in [2.24, 2.45) is 5.73 Å². The van der Waals surface area contributed by atoms with Gasteiger partial charge in [0, 0.05) is 6.54 Å². The van der Waals surface area contributed by atoms with Crippen LogP contribution < -0.4 is 10.5 Å². The first kappa shape index (κ1) is 15.5. The number of benzene rings is 1. The van der Waals surface area contributed by atoms with Crippen molar-refractivity contribution in [1.82, 2.24) is 9.71 Å². The minimum Gasteiger partial charge on any atom is -0.445 e. The average Bonchev–Trinajstić information content (AvgIpc) is 2.85. The van der Waals surface area contributed by atoms with E-state index >= 15 is 0 Å². The fourth-order valence-corrected chi connectivity index (χ4v) is 2.76. The van der Waals surface area contributed by atoms with E-state index in [1.165, 1.54) is 6.20 Å². The summed E-state index contributed by atoms with van der Waals surface area (Å²) >= 11 is 0. The highest BCUT2D eigenvalue weighted by atomic mass is 32.2. The molecule has 114 valence electrons. The van der Waals surface area contributed by atoms with Crippen molar-refractivity contribution < 1.29 is 21.6 Å². The number of nitrogens with one attached hydrogen (secondary N) is 1. The van der Waals surface area contributed by atoms with E-state index in [0.717, 1.165) is 12.1 Å². The van der Waals surface area contributed by atoms with Gasteiger partial charge in [0.2, 0.25) is 15.9 Å². The van der Waals surface area contributed by atoms with Gasteiger partial charge in [-0.15, -0.1) is 0 Å². The predicted octanol–water partition coefficient (Wildman–Crippen LogP) is 1.20. The van der Waals surface area contributed by atoms with Gasteiger partial charge in [-0.25, -0.2) is 26.9 Å². The number of halogens is 2. The molecule has 0 radical (unpaired) electrons. The van der Waals surface area contributed by atoms with Gasteiger partial charge < -0.3 is 10.2 Å². The van der Waals surface area contributed by atoms with Crippen LogP contribution in [-0.4, -0.2) is 13.4 Å². The lowest BCUT2D eigenvalue weighted by Gasteiger charge is -2.08. The van der Waals surface area contributed by atoms with Crippen LogP contribution >= 0.6 is 0 Å².